The van der Waals surface area contributed by atoms with E-state index >= 15 is 0 Å². The van der Waals surface area contributed by atoms with Crippen LogP contribution in [0.3, 0.4) is 0 Å². The fourth-order valence-corrected chi connectivity index (χ4v) is 0.493. The third-order valence-corrected chi connectivity index (χ3v) is 1.53. The zero-order valence-electron chi connectivity index (χ0n) is 8.29. The third-order valence-electron chi connectivity index (χ3n) is 1.53. The van der Waals surface area contributed by atoms with Crippen LogP contribution in [0.4, 0.5) is 0 Å². The molecule has 0 atom stereocenters. The van der Waals surface area contributed by atoms with Gasteiger partial charge in [0.25, 0.3) is 0 Å². The first-order valence-electron chi connectivity index (χ1n) is 3.82. The standard InChI is InChI=1S/C7H17NO.CH4O/c1-7(2)8(3)5-6-9-4;1-2/h7H,5-6H2,1-4H3;2H,1H3. The van der Waals surface area contributed by atoms with E-state index in [-0.39, 0.29) is 0 Å². The minimum Gasteiger partial charge on any atom is -0.400 e. The molecule has 0 saturated carbocycles. The van der Waals surface area contributed by atoms with Crippen LogP contribution in [0.5, 0.6) is 0 Å². The van der Waals surface area contributed by atoms with Gasteiger partial charge in [-0.2, -0.15) is 0 Å². The van der Waals surface area contributed by atoms with Crippen molar-refractivity contribution in [3.8, 4) is 0 Å². The minimum absolute atomic E-state index is 0.625. The molecule has 0 aliphatic heterocycles. The molecule has 0 amide bonds. The summed E-state index contributed by atoms with van der Waals surface area (Å²) in [5.41, 5.74) is 0. The average Bonchev–Trinajstić information content (AvgIpc) is 2.03. The Kier molecular flexibility index (Phi) is 12.1. The summed E-state index contributed by atoms with van der Waals surface area (Å²) in [4.78, 5) is 2.25. The van der Waals surface area contributed by atoms with Gasteiger partial charge >= 0.3 is 0 Å². The predicted molar refractivity (Wildman–Crippen MR) is 47.8 cm³/mol. The van der Waals surface area contributed by atoms with Gasteiger partial charge in [-0.3, -0.25) is 0 Å². The Morgan fingerprint density at radius 3 is 2.09 bits per heavy atom. The Morgan fingerprint density at radius 1 is 1.36 bits per heavy atom. The van der Waals surface area contributed by atoms with Crippen LogP contribution in [-0.2, 0) is 4.74 Å². The molecule has 0 unspecified atom stereocenters. The molecular weight excluding hydrogens is 142 g/mol. The van der Waals surface area contributed by atoms with Gasteiger partial charge < -0.3 is 14.7 Å². The fourth-order valence-electron chi connectivity index (χ4n) is 0.493. The lowest BCUT2D eigenvalue weighted by Crippen LogP contribution is -2.29. The van der Waals surface area contributed by atoms with Gasteiger partial charge in [-0.15, -0.1) is 0 Å². The molecule has 0 saturated heterocycles. The highest BCUT2D eigenvalue weighted by Gasteiger charge is 1.99. The van der Waals surface area contributed by atoms with Crippen LogP contribution in [-0.4, -0.2) is 50.5 Å². The Labute approximate surface area is 70.0 Å². The molecule has 3 heteroatoms. The maximum absolute atomic E-state index is 7.00. The first-order chi connectivity index (χ1) is 5.18. The Bertz CT molecular complexity index is 67.1. The van der Waals surface area contributed by atoms with E-state index in [0.29, 0.717) is 6.04 Å². The number of methoxy groups -OCH3 is 1. The number of aliphatic hydroxyl groups excluding tert-OH is 1. The van der Waals surface area contributed by atoms with E-state index in [9.17, 15) is 0 Å². The van der Waals surface area contributed by atoms with Crippen LogP contribution in [0.25, 0.3) is 0 Å². The number of likely N-dealkylation sites (N-methyl/N-ethyl adjacent to an activating group) is 1. The molecule has 0 radical (unpaired) electrons. The van der Waals surface area contributed by atoms with Crippen molar-refractivity contribution in [3.63, 3.8) is 0 Å². The van der Waals surface area contributed by atoms with Crippen molar-refractivity contribution in [1.82, 2.24) is 4.90 Å². The van der Waals surface area contributed by atoms with Gasteiger partial charge in [-0.25, -0.2) is 0 Å². The summed E-state index contributed by atoms with van der Waals surface area (Å²) >= 11 is 0. The lowest BCUT2D eigenvalue weighted by Gasteiger charge is -2.19. The number of aliphatic hydroxyl groups is 1. The van der Waals surface area contributed by atoms with Gasteiger partial charge in [0.1, 0.15) is 0 Å². The van der Waals surface area contributed by atoms with Crippen molar-refractivity contribution < 1.29 is 9.84 Å². The van der Waals surface area contributed by atoms with E-state index in [1.807, 2.05) is 0 Å². The second-order valence-electron chi connectivity index (χ2n) is 2.57. The van der Waals surface area contributed by atoms with E-state index in [4.69, 9.17) is 9.84 Å². The minimum atomic E-state index is 0.625. The van der Waals surface area contributed by atoms with E-state index in [1.165, 1.54) is 0 Å². The molecule has 1 N–H and O–H groups in total. The van der Waals surface area contributed by atoms with Crippen LogP contribution >= 0.6 is 0 Å². The van der Waals surface area contributed by atoms with E-state index < -0.39 is 0 Å². The molecule has 70 valence electrons. The largest absolute Gasteiger partial charge is 0.400 e. The highest BCUT2D eigenvalue weighted by atomic mass is 16.5. The second-order valence-corrected chi connectivity index (χ2v) is 2.57. The van der Waals surface area contributed by atoms with E-state index in [1.54, 1.807) is 7.11 Å². The number of nitrogens with zero attached hydrogens (tertiary/aromatic N) is 1. The van der Waals surface area contributed by atoms with Gasteiger partial charge in [0.05, 0.1) is 6.61 Å². The van der Waals surface area contributed by atoms with Gasteiger partial charge in [-0.05, 0) is 20.9 Å². The van der Waals surface area contributed by atoms with Crippen LogP contribution in [0.1, 0.15) is 13.8 Å². The SMILES string of the molecule is CO.COCCN(C)C(C)C. The number of ether oxygens (including phenoxy) is 1. The molecule has 0 aromatic rings. The number of rotatable bonds is 4. The summed E-state index contributed by atoms with van der Waals surface area (Å²) in [5, 5.41) is 7.00. The maximum Gasteiger partial charge on any atom is 0.0589 e. The fraction of sp³-hybridized carbons (Fsp3) is 1.00. The van der Waals surface area contributed by atoms with Crippen molar-refractivity contribution >= 4 is 0 Å². The quantitative estimate of drug-likeness (QED) is 0.658. The van der Waals surface area contributed by atoms with Crippen molar-refractivity contribution in [2.45, 2.75) is 19.9 Å². The molecule has 3 nitrogen and oxygen atoms in total. The lowest BCUT2D eigenvalue weighted by molar-refractivity contribution is 0.147. The maximum atomic E-state index is 7.00. The lowest BCUT2D eigenvalue weighted by atomic mass is 10.3. The van der Waals surface area contributed by atoms with Gasteiger partial charge in [0.15, 0.2) is 0 Å². The topological polar surface area (TPSA) is 32.7 Å². The Hall–Kier alpha value is -0.120. The van der Waals surface area contributed by atoms with Gasteiger partial charge in [0, 0.05) is 26.8 Å². The molecule has 0 bridgehead atoms. The first-order valence-corrected chi connectivity index (χ1v) is 3.82. The number of hydrogen-bond donors (Lipinski definition) is 1. The summed E-state index contributed by atoms with van der Waals surface area (Å²) in [6.45, 7) is 6.20. The zero-order chi connectivity index (χ0) is 9.28. The molecular formula is C8H21NO2. The summed E-state index contributed by atoms with van der Waals surface area (Å²) in [6, 6.07) is 0.625. The van der Waals surface area contributed by atoms with Crippen LogP contribution < -0.4 is 0 Å². The molecule has 0 aromatic carbocycles. The van der Waals surface area contributed by atoms with Gasteiger partial charge in [0.2, 0.25) is 0 Å². The third kappa shape index (κ3) is 9.88. The van der Waals surface area contributed by atoms with Crippen LogP contribution in [0, 0.1) is 0 Å². The first kappa shape index (κ1) is 13.5. The summed E-state index contributed by atoms with van der Waals surface area (Å²) < 4.78 is 4.92. The predicted octanol–water partition coefficient (Wildman–Crippen LogP) is 0.581. The highest BCUT2D eigenvalue weighted by molar-refractivity contribution is 4.54. The van der Waals surface area contributed by atoms with E-state index in [0.717, 1.165) is 20.3 Å². The molecule has 0 aliphatic rings. The molecule has 0 fully saturated rings. The molecule has 0 aliphatic carbocycles. The Morgan fingerprint density at radius 2 is 1.82 bits per heavy atom. The molecule has 0 aromatic heterocycles. The molecule has 11 heavy (non-hydrogen) atoms. The van der Waals surface area contributed by atoms with Crippen LogP contribution in [0.15, 0.2) is 0 Å². The summed E-state index contributed by atoms with van der Waals surface area (Å²) in [6.07, 6.45) is 0. The van der Waals surface area contributed by atoms with Gasteiger partial charge in [-0.1, -0.05) is 0 Å². The zero-order valence-corrected chi connectivity index (χ0v) is 8.29. The molecule has 0 rings (SSSR count). The number of hydrogen-bond acceptors (Lipinski definition) is 3. The molecule has 0 spiro atoms. The van der Waals surface area contributed by atoms with Crippen molar-refractivity contribution in [2.75, 3.05) is 34.4 Å². The Balaban J connectivity index is 0. The second kappa shape index (κ2) is 9.88. The van der Waals surface area contributed by atoms with Crippen molar-refractivity contribution in [1.29, 1.82) is 0 Å². The molecule has 0 heterocycles. The normalized spacial score (nSPS) is 9.82. The van der Waals surface area contributed by atoms with Crippen molar-refractivity contribution in [2.24, 2.45) is 0 Å². The van der Waals surface area contributed by atoms with E-state index in [2.05, 4.69) is 25.8 Å². The monoisotopic (exact) mass is 163 g/mol. The smallest absolute Gasteiger partial charge is 0.0589 e. The van der Waals surface area contributed by atoms with Crippen molar-refractivity contribution in [3.05, 3.63) is 0 Å². The summed E-state index contributed by atoms with van der Waals surface area (Å²) in [5.74, 6) is 0. The highest BCUT2D eigenvalue weighted by Crippen LogP contribution is 1.91. The average molecular weight is 163 g/mol. The van der Waals surface area contributed by atoms with Crippen LogP contribution in [0.2, 0.25) is 0 Å². The summed E-state index contributed by atoms with van der Waals surface area (Å²) in [7, 11) is 4.83.